The molecule has 8 atom stereocenters. The van der Waals surface area contributed by atoms with Crippen LogP contribution >= 0.6 is 11.6 Å². The van der Waals surface area contributed by atoms with Crippen molar-refractivity contribution in [1.82, 2.24) is 19.7 Å². The maximum Gasteiger partial charge on any atom is 0.303 e. The molecule has 4 heterocycles. The summed E-state index contributed by atoms with van der Waals surface area (Å²) in [7, 11) is -4.38. The van der Waals surface area contributed by atoms with Crippen molar-refractivity contribution < 1.29 is 71.0 Å². The first-order valence-electron chi connectivity index (χ1n) is 18.5. The van der Waals surface area contributed by atoms with E-state index < -0.39 is 95.9 Å². The zero-order valence-corrected chi connectivity index (χ0v) is 34.7. The second kappa shape index (κ2) is 19.9. The Balaban J connectivity index is 1.28. The van der Waals surface area contributed by atoms with Crippen molar-refractivity contribution >= 4 is 62.2 Å². The number of imidazole rings is 1. The van der Waals surface area contributed by atoms with Crippen LogP contribution in [0.25, 0.3) is 28.0 Å². The lowest BCUT2D eigenvalue weighted by molar-refractivity contribution is -0.192. The number of rotatable bonds is 18. The van der Waals surface area contributed by atoms with Crippen LogP contribution in [0.3, 0.4) is 0 Å². The van der Waals surface area contributed by atoms with Gasteiger partial charge in [-0.25, -0.2) is 18.1 Å². The van der Waals surface area contributed by atoms with Crippen molar-refractivity contribution in [3.63, 3.8) is 0 Å². The molecular formula is C39H45ClN4O15S. The van der Waals surface area contributed by atoms with E-state index in [1.807, 2.05) is 0 Å². The Labute approximate surface area is 349 Å². The number of aromatic nitrogens is 3. The number of allylic oxidation sites excluding steroid dienone is 4. The number of benzene rings is 1. The molecule has 60 heavy (non-hydrogen) atoms. The van der Waals surface area contributed by atoms with Gasteiger partial charge in [0.2, 0.25) is 10.0 Å². The van der Waals surface area contributed by atoms with Crippen LogP contribution in [0, 0.1) is 0 Å². The topological polar surface area (TPSA) is 261 Å². The van der Waals surface area contributed by atoms with E-state index in [2.05, 4.69) is 26.3 Å². The van der Waals surface area contributed by atoms with Crippen molar-refractivity contribution in [3.05, 3.63) is 70.6 Å². The van der Waals surface area contributed by atoms with Crippen molar-refractivity contribution in [1.29, 1.82) is 0 Å². The average molecular weight is 877 g/mol. The molecule has 21 heteroatoms. The number of nitrogens with zero attached hydrogens (tertiary/aromatic N) is 2. The SMILES string of the molecule is C=C/C(=C\C=C(/C)c1ccc(-c2nc3nc(O[C@@H]4CO[C@H]5[C@@H]4OC[C@H]5O)[nH]c3cc2Cl)cc1)S(=O)(=O)NC[C@H](OC(C)=O)[C@@H](O)[C@H](OC(C)=O)[C@@H](COC(C)=O)OC(C)=O. The molecule has 2 aliphatic rings. The van der Waals surface area contributed by atoms with Crippen molar-refractivity contribution in [3.8, 4) is 17.3 Å². The van der Waals surface area contributed by atoms with Gasteiger partial charge in [0.15, 0.2) is 24.0 Å². The molecule has 0 saturated carbocycles. The minimum atomic E-state index is -4.38. The molecule has 3 aromatic rings. The molecule has 1 aromatic carbocycles. The molecule has 19 nitrogen and oxygen atoms in total. The van der Waals surface area contributed by atoms with E-state index in [-0.39, 0.29) is 24.1 Å². The standard InChI is InChI=1S/C39H45ClN4O15S/c1-7-26(60(51,52)41-15-30(56-21(4)46)34(50)36(58-23(6)48)31(57-22(5)47)17-53-20(3)45)13-8-19(2)24-9-11-25(12-10-24)33-27(40)14-28-38(43-33)44-39(42-28)59-32-18-55-35-29(49)16-54-37(32)35/h7-14,29-32,34-37,41,49-50H,1,15-18H2,2-6H3,(H,42,43,44)/b19-8+,26-13+/t29-,30+,31-,32-,34-,35-,36-,37-/m1/s1. The Morgan fingerprint density at radius 1 is 0.950 bits per heavy atom. The maximum atomic E-state index is 13.4. The highest BCUT2D eigenvalue weighted by Crippen LogP contribution is 2.33. The molecule has 2 aliphatic heterocycles. The molecular weight excluding hydrogens is 832 g/mol. The number of carbonyl (C=O) groups excluding carboxylic acids is 4. The minimum absolute atomic E-state index is 0.165. The molecule has 0 spiro atoms. The lowest BCUT2D eigenvalue weighted by Gasteiger charge is -2.33. The molecule has 5 rings (SSSR count). The number of sulfonamides is 1. The summed E-state index contributed by atoms with van der Waals surface area (Å²) in [6.07, 6.45) is -5.16. The Hall–Kier alpha value is -5.22. The second-order valence-corrected chi connectivity index (χ2v) is 15.9. The van der Waals surface area contributed by atoms with Crippen LogP contribution in [0.15, 0.2) is 60.0 Å². The molecule has 4 N–H and O–H groups in total. The van der Waals surface area contributed by atoms with E-state index in [9.17, 15) is 37.8 Å². The number of ether oxygens (including phenoxy) is 7. The number of fused-ring (bicyclic) bond motifs is 2. The van der Waals surface area contributed by atoms with Crippen molar-refractivity contribution in [2.24, 2.45) is 0 Å². The molecule has 2 aromatic heterocycles. The maximum absolute atomic E-state index is 13.4. The Kier molecular flexibility index (Phi) is 15.2. The normalized spacial score (nSPS) is 21.3. The molecule has 2 saturated heterocycles. The van der Waals surface area contributed by atoms with Gasteiger partial charge in [-0.3, -0.25) is 19.2 Å². The van der Waals surface area contributed by atoms with E-state index in [1.54, 1.807) is 37.3 Å². The van der Waals surface area contributed by atoms with Crippen LogP contribution in [-0.2, 0) is 57.6 Å². The van der Waals surface area contributed by atoms with Crippen LogP contribution in [0.2, 0.25) is 5.02 Å². The number of hydrogen-bond acceptors (Lipinski definition) is 17. The molecule has 0 amide bonds. The first kappa shape index (κ1) is 45.9. The van der Waals surface area contributed by atoms with Gasteiger partial charge in [-0.2, -0.15) is 4.98 Å². The van der Waals surface area contributed by atoms with E-state index >= 15 is 0 Å². The fourth-order valence-corrected chi connectivity index (χ4v) is 7.68. The number of hydrogen-bond donors (Lipinski definition) is 4. The van der Waals surface area contributed by atoms with Gasteiger partial charge in [-0.15, -0.1) is 0 Å². The largest absolute Gasteiger partial charge is 0.462 e. The molecule has 2 fully saturated rings. The zero-order chi connectivity index (χ0) is 43.9. The minimum Gasteiger partial charge on any atom is -0.462 e. The summed E-state index contributed by atoms with van der Waals surface area (Å²) >= 11 is 6.63. The van der Waals surface area contributed by atoms with Crippen LogP contribution in [0.1, 0.15) is 40.2 Å². The monoisotopic (exact) mass is 876 g/mol. The number of H-pyrrole nitrogens is 1. The summed E-state index contributed by atoms with van der Waals surface area (Å²) in [6.45, 7) is 8.45. The highest BCUT2D eigenvalue weighted by atomic mass is 35.5. The third-order valence-electron chi connectivity index (χ3n) is 9.22. The average Bonchev–Trinajstić information content (AvgIpc) is 3.89. The summed E-state index contributed by atoms with van der Waals surface area (Å²) in [5.74, 6) is -3.53. The lowest BCUT2D eigenvalue weighted by Crippen LogP contribution is -2.54. The predicted octanol–water partition coefficient (Wildman–Crippen LogP) is 2.30. The van der Waals surface area contributed by atoms with Gasteiger partial charge in [0, 0.05) is 33.3 Å². The van der Waals surface area contributed by atoms with Crippen LogP contribution < -0.4 is 9.46 Å². The summed E-state index contributed by atoms with van der Waals surface area (Å²) < 4.78 is 66.7. The third-order valence-corrected chi connectivity index (χ3v) is 11.0. The van der Waals surface area contributed by atoms with Crippen molar-refractivity contribution in [2.75, 3.05) is 26.4 Å². The van der Waals surface area contributed by atoms with Gasteiger partial charge in [-0.05, 0) is 36.3 Å². The quantitative estimate of drug-likeness (QED) is 0.0812. The zero-order valence-electron chi connectivity index (χ0n) is 33.2. The van der Waals surface area contributed by atoms with E-state index in [4.69, 9.17) is 44.8 Å². The number of pyridine rings is 1. The number of esters is 4. The smallest absolute Gasteiger partial charge is 0.303 e. The Morgan fingerprint density at radius 3 is 2.23 bits per heavy atom. The summed E-state index contributed by atoms with van der Waals surface area (Å²) in [5, 5.41) is 21.6. The number of aliphatic hydroxyl groups excluding tert-OH is 2. The Bertz CT molecular complexity index is 2260. The van der Waals surface area contributed by atoms with Gasteiger partial charge in [0.05, 0.1) is 40.9 Å². The van der Waals surface area contributed by atoms with Crippen LogP contribution in [0.5, 0.6) is 6.01 Å². The fraction of sp³-hybridized carbons (Fsp3) is 0.436. The first-order chi connectivity index (χ1) is 28.4. The number of aromatic amines is 1. The van der Waals surface area contributed by atoms with Crippen molar-refractivity contribution in [2.45, 2.75) is 83.5 Å². The molecule has 0 unspecified atom stereocenters. The highest BCUT2D eigenvalue weighted by molar-refractivity contribution is 7.93. The van der Waals surface area contributed by atoms with Gasteiger partial charge in [-0.1, -0.05) is 48.5 Å². The molecule has 324 valence electrons. The number of nitrogens with one attached hydrogen (secondary N) is 2. The van der Waals surface area contributed by atoms with Crippen LogP contribution in [-0.4, -0.2) is 133 Å². The number of aliphatic hydroxyl groups is 2. The molecule has 0 aliphatic carbocycles. The van der Waals surface area contributed by atoms with Gasteiger partial charge >= 0.3 is 23.9 Å². The van der Waals surface area contributed by atoms with Gasteiger partial charge < -0.3 is 48.4 Å². The van der Waals surface area contributed by atoms with Gasteiger partial charge in [0.25, 0.3) is 6.01 Å². The predicted molar refractivity (Wildman–Crippen MR) is 212 cm³/mol. The van der Waals surface area contributed by atoms with E-state index in [0.717, 1.165) is 39.3 Å². The van der Waals surface area contributed by atoms with Gasteiger partial charge in [0.1, 0.15) is 37.1 Å². The number of halogens is 1. The van der Waals surface area contributed by atoms with E-state index in [0.29, 0.717) is 33.0 Å². The fourth-order valence-electron chi connectivity index (χ4n) is 6.40. The summed E-state index contributed by atoms with van der Waals surface area (Å²) in [6, 6.07) is 9.03. The second-order valence-electron chi connectivity index (χ2n) is 13.8. The lowest BCUT2D eigenvalue weighted by atomic mass is 10.0. The number of carbonyl (C=O) groups is 4. The summed E-state index contributed by atoms with van der Waals surface area (Å²) in [5.41, 5.74) is 3.39. The van der Waals surface area contributed by atoms with E-state index in [1.165, 1.54) is 12.2 Å². The molecule has 0 bridgehead atoms. The first-order valence-corrected chi connectivity index (χ1v) is 20.3. The third kappa shape index (κ3) is 11.5. The van der Waals surface area contributed by atoms with Crippen LogP contribution in [0.4, 0.5) is 0 Å². The summed E-state index contributed by atoms with van der Waals surface area (Å²) in [4.78, 5) is 59.1. The Morgan fingerprint density at radius 2 is 1.60 bits per heavy atom. The molecule has 0 radical (unpaired) electrons. The highest BCUT2D eigenvalue weighted by Gasteiger charge is 2.49.